The summed E-state index contributed by atoms with van der Waals surface area (Å²) in [5.74, 6) is 2.80. The summed E-state index contributed by atoms with van der Waals surface area (Å²) in [6.45, 7) is 2.95. The molecule has 0 radical (unpaired) electrons. The van der Waals surface area contributed by atoms with Crippen molar-refractivity contribution < 1.29 is 5.11 Å². The van der Waals surface area contributed by atoms with Crippen LogP contribution in [0.25, 0.3) is 0 Å². The topological polar surface area (TPSA) is 23.5 Å². The van der Waals surface area contributed by atoms with Crippen molar-refractivity contribution in [3.63, 3.8) is 0 Å². The maximum atomic E-state index is 9.32. The van der Waals surface area contributed by atoms with E-state index >= 15 is 0 Å². The second-order valence-electron chi connectivity index (χ2n) is 3.07. The highest BCUT2D eigenvalue weighted by molar-refractivity contribution is 7.99. The van der Waals surface area contributed by atoms with Gasteiger partial charge in [-0.3, -0.25) is 4.90 Å². The molecular weight excluding hydrogens is 194 g/mol. The van der Waals surface area contributed by atoms with Crippen molar-refractivity contribution in [3.05, 3.63) is 0 Å². The lowest BCUT2D eigenvalue weighted by Crippen LogP contribution is -2.34. The van der Waals surface area contributed by atoms with Crippen LogP contribution < -0.4 is 0 Å². The van der Waals surface area contributed by atoms with Crippen LogP contribution in [0.4, 0.5) is 0 Å². The van der Waals surface area contributed by atoms with Crippen LogP contribution >= 0.6 is 23.4 Å². The van der Waals surface area contributed by atoms with Gasteiger partial charge in [0.1, 0.15) is 0 Å². The van der Waals surface area contributed by atoms with Gasteiger partial charge >= 0.3 is 0 Å². The molecule has 0 aromatic carbocycles. The Morgan fingerprint density at radius 1 is 1.42 bits per heavy atom. The Bertz CT molecular complexity index is 118. The molecule has 0 aromatic rings. The highest BCUT2D eigenvalue weighted by Crippen LogP contribution is 2.10. The summed E-state index contributed by atoms with van der Waals surface area (Å²) in [5, 5.41) is 9.32. The van der Waals surface area contributed by atoms with Gasteiger partial charge in [-0.05, 0) is 18.7 Å². The van der Waals surface area contributed by atoms with E-state index < -0.39 is 0 Å². The lowest BCUT2D eigenvalue weighted by Gasteiger charge is -2.21. The van der Waals surface area contributed by atoms with Gasteiger partial charge in [0.05, 0.1) is 6.10 Å². The number of thioether (sulfide) groups is 1. The molecule has 0 bridgehead atoms. The third-order valence-corrected chi connectivity index (χ3v) is 3.37. The van der Waals surface area contributed by atoms with Gasteiger partial charge in [-0.1, -0.05) is 0 Å². The molecule has 1 atom stereocenters. The van der Waals surface area contributed by atoms with E-state index in [9.17, 15) is 5.11 Å². The van der Waals surface area contributed by atoms with Crippen molar-refractivity contribution >= 4 is 23.4 Å². The standard InChI is InChI=1S/C8H16ClNOS/c9-6-8(11)7-10-2-1-4-12-5-3-10/h8,11H,1-7H2. The van der Waals surface area contributed by atoms with E-state index in [1.807, 2.05) is 11.8 Å². The fraction of sp³-hybridized carbons (Fsp3) is 1.00. The summed E-state index contributed by atoms with van der Waals surface area (Å²) in [4.78, 5) is 2.30. The number of halogens is 1. The molecule has 1 aliphatic rings. The van der Waals surface area contributed by atoms with Gasteiger partial charge in [-0.25, -0.2) is 0 Å². The smallest absolute Gasteiger partial charge is 0.0802 e. The third kappa shape index (κ3) is 3.99. The fourth-order valence-corrected chi connectivity index (χ4v) is 2.35. The average molecular weight is 210 g/mol. The molecule has 0 aromatic heterocycles. The Kier molecular flexibility index (Phi) is 5.39. The molecule has 1 heterocycles. The Labute approximate surface area is 83.3 Å². The van der Waals surface area contributed by atoms with Crippen molar-refractivity contribution in [3.8, 4) is 0 Å². The van der Waals surface area contributed by atoms with Crippen LogP contribution in [0.5, 0.6) is 0 Å². The minimum Gasteiger partial charge on any atom is -0.391 e. The molecule has 1 saturated heterocycles. The normalized spacial score (nSPS) is 23.5. The van der Waals surface area contributed by atoms with Crippen molar-refractivity contribution in [2.24, 2.45) is 0 Å². The summed E-state index contributed by atoms with van der Waals surface area (Å²) < 4.78 is 0. The molecule has 0 saturated carbocycles. The molecule has 72 valence electrons. The highest BCUT2D eigenvalue weighted by atomic mass is 35.5. The largest absolute Gasteiger partial charge is 0.391 e. The lowest BCUT2D eigenvalue weighted by molar-refractivity contribution is 0.134. The van der Waals surface area contributed by atoms with Gasteiger partial charge in [0.15, 0.2) is 0 Å². The average Bonchev–Trinajstić information content (AvgIpc) is 2.33. The van der Waals surface area contributed by atoms with E-state index in [4.69, 9.17) is 11.6 Å². The molecule has 0 spiro atoms. The Balaban J connectivity index is 2.20. The highest BCUT2D eigenvalue weighted by Gasteiger charge is 2.12. The first-order valence-corrected chi connectivity index (χ1v) is 6.06. The van der Waals surface area contributed by atoms with Gasteiger partial charge in [0, 0.05) is 24.7 Å². The summed E-state index contributed by atoms with van der Waals surface area (Å²) in [7, 11) is 0. The predicted octanol–water partition coefficient (Wildman–Crippen LogP) is 1.02. The molecule has 4 heteroatoms. The van der Waals surface area contributed by atoms with Crippen LogP contribution in [-0.2, 0) is 0 Å². The maximum Gasteiger partial charge on any atom is 0.0802 e. The van der Waals surface area contributed by atoms with Crippen molar-refractivity contribution in [1.29, 1.82) is 0 Å². The fourth-order valence-electron chi connectivity index (χ4n) is 1.33. The quantitative estimate of drug-likeness (QED) is 0.703. The number of hydrogen-bond acceptors (Lipinski definition) is 3. The second-order valence-corrected chi connectivity index (χ2v) is 4.61. The number of hydrogen-bond donors (Lipinski definition) is 1. The predicted molar refractivity (Wildman–Crippen MR) is 55.1 cm³/mol. The van der Waals surface area contributed by atoms with Crippen LogP contribution in [0.15, 0.2) is 0 Å². The maximum absolute atomic E-state index is 9.32. The SMILES string of the molecule is OC(CCl)CN1CCCSCC1. The number of aliphatic hydroxyl groups excluding tert-OH is 1. The van der Waals surface area contributed by atoms with Gasteiger partial charge in [0.25, 0.3) is 0 Å². The summed E-state index contributed by atoms with van der Waals surface area (Å²) in [6.07, 6.45) is 0.884. The molecule has 1 fully saturated rings. The molecule has 1 aliphatic heterocycles. The first kappa shape index (κ1) is 10.6. The summed E-state index contributed by atoms with van der Waals surface area (Å²) >= 11 is 7.53. The molecule has 2 nitrogen and oxygen atoms in total. The van der Waals surface area contributed by atoms with Crippen LogP contribution in [-0.4, -0.2) is 53.1 Å². The molecular formula is C8H16ClNOS. The van der Waals surface area contributed by atoms with E-state index in [1.54, 1.807) is 0 Å². The zero-order valence-electron chi connectivity index (χ0n) is 7.21. The van der Waals surface area contributed by atoms with Gasteiger partial charge in [-0.15, -0.1) is 11.6 Å². The van der Waals surface area contributed by atoms with Crippen LogP contribution in [0.1, 0.15) is 6.42 Å². The van der Waals surface area contributed by atoms with E-state index in [-0.39, 0.29) is 6.10 Å². The zero-order chi connectivity index (χ0) is 8.81. The Morgan fingerprint density at radius 2 is 2.25 bits per heavy atom. The molecule has 1 N–H and O–H groups in total. The third-order valence-electron chi connectivity index (χ3n) is 1.96. The van der Waals surface area contributed by atoms with Gasteiger partial charge in [-0.2, -0.15) is 11.8 Å². The number of nitrogens with zero attached hydrogens (tertiary/aromatic N) is 1. The van der Waals surface area contributed by atoms with Crippen molar-refractivity contribution in [1.82, 2.24) is 4.90 Å². The van der Waals surface area contributed by atoms with E-state index in [1.165, 1.54) is 17.9 Å². The van der Waals surface area contributed by atoms with Gasteiger partial charge < -0.3 is 5.11 Å². The molecule has 12 heavy (non-hydrogen) atoms. The molecule has 0 aliphatic carbocycles. The van der Waals surface area contributed by atoms with Crippen molar-refractivity contribution in [2.75, 3.05) is 37.0 Å². The van der Waals surface area contributed by atoms with E-state index in [0.29, 0.717) is 5.88 Å². The van der Waals surface area contributed by atoms with Crippen LogP contribution in [0.3, 0.4) is 0 Å². The Hall–Kier alpha value is 0.560. The monoisotopic (exact) mass is 209 g/mol. The molecule has 1 rings (SSSR count). The van der Waals surface area contributed by atoms with Crippen LogP contribution in [0, 0.1) is 0 Å². The minimum absolute atomic E-state index is 0.351. The molecule has 1 unspecified atom stereocenters. The number of aliphatic hydroxyl groups is 1. The lowest BCUT2D eigenvalue weighted by atomic mass is 10.3. The second kappa shape index (κ2) is 6.08. The first-order chi connectivity index (χ1) is 5.83. The zero-order valence-corrected chi connectivity index (χ0v) is 8.78. The summed E-state index contributed by atoms with van der Waals surface area (Å²) in [6, 6.07) is 0. The first-order valence-electron chi connectivity index (χ1n) is 4.37. The number of rotatable bonds is 3. The number of alkyl halides is 1. The van der Waals surface area contributed by atoms with E-state index in [0.717, 1.165) is 19.6 Å². The minimum atomic E-state index is -0.352. The molecule has 0 amide bonds. The van der Waals surface area contributed by atoms with E-state index in [2.05, 4.69) is 4.90 Å². The Morgan fingerprint density at radius 3 is 3.00 bits per heavy atom. The van der Waals surface area contributed by atoms with Crippen molar-refractivity contribution in [2.45, 2.75) is 12.5 Å². The van der Waals surface area contributed by atoms with Crippen LogP contribution in [0.2, 0.25) is 0 Å². The van der Waals surface area contributed by atoms with Gasteiger partial charge in [0.2, 0.25) is 0 Å². The number of β-amino-alcohol motifs (C(OH)–C–C–N with tert-alkyl or cyclic N) is 1. The summed E-state index contributed by atoms with van der Waals surface area (Å²) in [5.41, 5.74) is 0.